The van der Waals surface area contributed by atoms with Gasteiger partial charge in [-0.25, -0.2) is 4.79 Å². The molecule has 9 nitrogen and oxygen atoms in total. The van der Waals surface area contributed by atoms with E-state index in [1.54, 1.807) is 23.1 Å². The van der Waals surface area contributed by atoms with Crippen molar-refractivity contribution in [2.45, 2.75) is 70.7 Å². The minimum atomic E-state index is -0.368. The van der Waals surface area contributed by atoms with E-state index in [0.717, 1.165) is 42.7 Å². The lowest BCUT2D eigenvalue weighted by Gasteiger charge is -2.38. The van der Waals surface area contributed by atoms with Crippen LogP contribution >= 0.6 is 0 Å². The number of anilines is 1. The number of rotatable bonds is 10. The van der Waals surface area contributed by atoms with Gasteiger partial charge in [0.05, 0.1) is 23.9 Å². The first-order valence-corrected chi connectivity index (χ1v) is 16.1. The van der Waals surface area contributed by atoms with Gasteiger partial charge in [0.15, 0.2) is 5.75 Å². The number of hydrogen-bond acceptors (Lipinski definition) is 6. The Hall–Kier alpha value is -4.08. The van der Waals surface area contributed by atoms with Crippen molar-refractivity contribution >= 4 is 17.6 Å². The number of ether oxygens (including phenoxy) is 2. The number of aliphatic hydroxyl groups excluding tert-OH is 1. The highest BCUT2D eigenvalue weighted by Crippen LogP contribution is 2.35. The molecule has 9 heteroatoms. The van der Waals surface area contributed by atoms with Crippen LogP contribution in [0.2, 0.25) is 0 Å². The number of urea groups is 1. The lowest BCUT2D eigenvalue weighted by Crippen LogP contribution is -2.50. The van der Waals surface area contributed by atoms with Crippen molar-refractivity contribution in [1.29, 1.82) is 0 Å². The molecule has 0 radical (unpaired) electrons. The first-order valence-electron chi connectivity index (χ1n) is 16.1. The van der Waals surface area contributed by atoms with Crippen LogP contribution in [-0.2, 0) is 6.54 Å². The van der Waals surface area contributed by atoms with Crippen molar-refractivity contribution in [1.82, 2.24) is 15.1 Å². The van der Waals surface area contributed by atoms with Gasteiger partial charge in [-0.05, 0) is 68.8 Å². The molecule has 0 unspecified atom stereocenters. The number of nitrogens with one attached hydrogen (secondary N) is 2. The van der Waals surface area contributed by atoms with E-state index in [9.17, 15) is 14.7 Å². The summed E-state index contributed by atoms with van der Waals surface area (Å²) >= 11 is 0. The first kappa shape index (κ1) is 32.3. The summed E-state index contributed by atoms with van der Waals surface area (Å²) in [4.78, 5) is 30.8. The Bertz CT molecular complexity index is 1410. The third kappa shape index (κ3) is 8.55. The van der Waals surface area contributed by atoms with Gasteiger partial charge in [0.2, 0.25) is 0 Å². The molecule has 0 aromatic heterocycles. The van der Waals surface area contributed by atoms with Crippen LogP contribution in [0, 0.1) is 5.92 Å². The summed E-state index contributed by atoms with van der Waals surface area (Å²) in [7, 11) is 2.05. The molecule has 1 fully saturated rings. The number of aliphatic hydroxyl groups is 1. The summed E-state index contributed by atoms with van der Waals surface area (Å²) in [6.07, 6.45) is 5.07. The molecule has 5 rings (SSSR count). The van der Waals surface area contributed by atoms with Gasteiger partial charge in [0.1, 0.15) is 17.6 Å². The van der Waals surface area contributed by atoms with Crippen molar-refractivity contribution in [3.05, 3.63) is 83.9 Å². The molecule has 240 valence electrons. The highest BCUT2D eigenvalue weighted by atomic mass is 16.5. The van der Waals surface area contributed by atoms with Gasteiger partial charge in [-0.2, -0.15) is 0 Å². The number of likely N-dealkylation sites (N-methyl/N-ethyl adjacent to an activating group) is 1. The summed E-state index contributed by atoms with van der Waals surface area (Å²) in [5.74, 6) is 1.66. The molecule has 45 heavy (non-hydrogen) atoms. The second-order valence-electron chi connectivity index (χ2n) is 12.5. The van der Waals surface area contributed by atoms with E-state index in [-0.39, 0.29) is 42.7 Å². The molecule has 3 atom stereocenters. The number of fused-ring (bicyclic) bond motifs is 1. The van der Waals surface area contributed by atoms with Crippen molar-refractivity contribution in [3.63, 3.8) is 0 Å². The molecule has 0 saturated heterocycles. The maximum absolute atomic E-state index is 13.8. The highest BCUT2D eigenvalue weighted by molar-refractivity contribution is 6.01. The molecule has 3 aromatic carbocycles. The Labute approximate surface area is 266 Å². The number of para-hydroxylation sites is 2. The van der Waals surface area contributed by atoms with E-state index in [4.69, 9.17) is 9.47 Å². The van der Waals surface area contributed by atoms with E-state index >= 15 is 0 Å². The summed E-state index contributed by atoms with van der Waals surface area (Å²) in [6.45, 7) is 5.47. The van der Waals surface area contributed by atoms with Gasteiger partial charge < -0.3 is 30.1 Å². The molecular formula is C36H46N4O5. The van der Waals surface area contributed by atoms with Crippen LogP contribution in [0.4, 0.5) is 10.5 Å². The van der Waals surface area contributed by atoms with Gasteiger partial charge in [-0.15, -0.1) is 0 Å². The number of hydrogen-bond donors (Lipinski definition) is 3. The Morgan fingerprint density at radius 3 is 2.44 bits per heavy atom. The third-order valence-electron chi connectivity index (χ3n) is 8.73. The number of benzene rings is 3. The molecule has 2 aliphatic rings. The first-order chi connectivity index (χ1) is 21.8. The Kier molecular flexibility index (Phi) is 11.0. The summed E-state index contributed by atoms with van der Waals surface area (Å²) in [5.41, 5.74) is 1.96. The van der Waals surface area contributed by atoms with Crippen LogP contribution in [0.3, 0.4) is 0 Å². The standard InChI is InChI=1S/C36H46N4O5/c1-25-21-40(26(2)24-41)35(42)31-15-10-16-32(38-36(43)37-28-11-6-4-7-12-28)34(31)45-33(25)23-39(3)22-27-17-19-30(20-18-27)44-29-13-8-5-9-14-29/h5,8-10,13-20,25-26,28,33,41H,4,6-7,11-12,21-24H2,1-3H3,(H2,37,38,43)/t25-,26+,33+/m0/s1. The smallest absolute Gasteiger partial charge is 0.319 e. The summed E-state index contributed by atoms with van der Waals surface area (Å²) in [5, 5.41) is 16.1. The van der Waals surface area contributed by atoms with Crippen LogP contribution in [0.1, 0.15) is 61.9 Å². The Morgan fingerprint density at radius 2 is 1.73 bits per heavy atom. The quantitative estimate of drug-likeness (QED) is 0.248. The van der Waals surface area contributed by atoms with Gasteiger partial charge in [-0.3, -0.25) is 9.69 Å². The summed E-state index contributed by atoms with van der Waals surface area (Å²) in [6, 6.07) is 22.5. The third-order valence-corrected chi connectivity index (χ3v) is 8.73. The highest BCUT2D eigenvalue weighted by Gasteiger charge is 2.34. The molecule has 0 spiro atoms. The second-order valence-corrected chi connectivity index (χ2v) is 12.5. The molecule has 3 N–H and O–H groups in total. The van der Waals surface area contributed by atoms with Crippen LogP contribution in [0.25, 0.3) is 0 Å². The van der Waals surface area contributed by atoms with Gasteiger partial charge in [0, 0.05) is 31.6 Å². The zero-order chi connectivity index (χ0) is 31.8. The van der Waals surface area contributed by atoms with Gasteiger partial charge in [-0.1, -0.05) is 62.6 Å². The lowest BCUT2D eigenvalue weighted by atomic mass is 9.96. The number of nitrogens with zero attached hydrogens (tertiary/aromatic N) is 2. The van der Waals surface area contributed by atoms with E-state index < -0.39 is 0 Å². The molecule has 0 bridgehead atoms. The largest absolute Gasteiger partial charge is 0.486 e. The van der Waals surface area contributed by atoms with Crippen LogP contribution in [0.15, 0.2) is 72.8 Å². The molecular weight excluding hydrogens is 568 g/mol. The average Bonchev–Trinajstić information content (AvgIpc) is 3.04. The fourth-order valence-corrected chi connectivity index (χ4v) is 6.12. The predicted octanol–water partition coefficient (Wildman–Crippen LogP) is 6.29. The molecule has 3 amide bonds. The molecule has 1 aliphatic heterocycles. The normalized spacial score (nSPS) is 19.6. The predicted molar refractivity (Wildman–Crippen MR) is 176 cm³/mol. The molecule has 1 aliphatic carbocycles. The van der Waals surface area contributed by atoms with E-state index in [1.165, 1.54) is 6.42 Å². The second kappa shape index (κ2) is 15.3. The van der Waals surface area contributed by atoms with Crippen molar-refractivity contribution in [3.8, 4) is 17.2 Å². The molecule has 3 aromatic rings. The van der Waals surface area contributed by atoms with Gasteiger partial charge >= 0.3 is 6.03 Å². The van der Waals surface area contributed by atoms with Crippen molar-refractivity contribution in [2.24, 2.45) is 5.92 Å². The minimum Gasteiger partial charge on any atom is -0.486 e. The van der Waals surface area contributed by atoms with Crippen molar-refractivity contribution in [2.75, 3.05) is 32.1 Å². The topological polar surface area (TPSA) is 103 Å². The van der Waals surface area contributed by atoms with E-state index in [1.807, 2.05) is 56.4 Å². The number of amides is 3. The fraction of sp³-hybridized carbons (Fsp3) is 0.444. The molecule has 1 heterocycles. The maximum atomic E-state index is 13.8. The van der Waals surface area contributed by atoms with Crippen LogP contribution in [0.5, 0.6) is 17.2 Å². The van der Waals surface area contributed by atoms with E-state index in [2.05, 4.69) is 34.6 Å². The monoisotopic (exact) mass is 614 g/mol. The van der Waals surface area contributed by atoms with Crippen molar-refractivity contribution < 1.29 is 24.2 Å². The average molecular weight is 615 g/mol. The minimum absolute atomic E-state index is 0.0516. The molecule has 1 saturated carbocycles. The van der Waals surface area contributed by atoms with Crippen LogP contribution in [-0.4, -0.2) is 71.8 Å². The SMILES string of the molecule is C[C@H](CO)N1C[C@H](C)[C@@H](CN(C)Cc2ccc(Oc3ccccc3)cc2)Oc2c(NC(=O)NC3CCCCC3)cccc2C1=O. The van der Waals surface area contributed by atoms with Crippen LogP contribution < -0.4 is 20.1 Å². The number of carbonyl (C=O) groups is 2. The Balaban J connectivity index is 1.32. The summed E-state index contributed by atoms with van der Waals surface area (Å²) < 4.78 is 12.6. The zero-order valence-electron chi connectivity index (χ0n) is 26.6. The number of carbonyl (C=O) groups excluding carboxylic acids is 2. The lowest BCUT2D eigenvalue weighted by molar-refractivity contribution is 0.0343. The Morgan fingerprint density at radius 1 is 1.02 bits per heavy atom. The van der Waals surface area contributed by atoms with Gasteiger partial charge in [0.25, 0.3) is 5.91 Å². The fourth-order valence-electron chi connectivity index (χ4n) is 6.12. The van der Waals surface area contributed by atoms with E-state index in [0.29, 0.717) is 36.6 Å². The zero-order valence-corrected chi connectivity index (χ0v) is 26.6. The maximum Gasteiger partial charge on any atom is 0.319 e.